The summed E-state index contributed by atoms with van der Waals surface area (Å²) < 4.78 is 1.78. The maximum Gasteiger partial charge on any atom is 0.223 e. The Morgan fingerprint density at radius 1 is 1.26 bits per heavy atom. The van der Waals surface area contributed by atoms with Crippen molar-refractivity contribution in [2.75, 3.05) is 5.32 Å². The van der Waals surface area contributed by atoms with Gasteiger partial charge in [0.25, 0.3) is 0 Å². The lowest BCUT2D eigenvalue weighted by molar-refractivity contribution is 0.461. The van der Waals surface area contributed by atoms with E-state index < -0.39 is 0 Å². The van der Waals surface area contributed by atoms with Crippen LogP contribution in [0.3, 0.4) is 0 Å². The topological polar surface area (TPSA) is 55.6 Å². The summed E-state index contributed by atoms with van der Waals surface area (Å²) in [6.45, 7) is 0. The van der Waals surface area contributed by atoms with Crippen LogP contribution in [-0.2, 0) is 7.05 Å². The lowest BCUT2D eigenvalue weighted by atomic mass is 9.96. The Labute approximate surface area is 113 Å². The summed E-state index contributed by atoms with van der Waals surface area (Å²) in [7, 11) is 1.91. The van der Waals surface area contributed by atoms with Crippen LogP contribution in [0.1, 0.15) is 32.1 Å². The van der Waals surface area contributed by atoms with Gasteiger partial charge in [-0.05, 0) is 18.9 Å². The van der Waals surface area contributed by atoms with Gasteiger partial charge in [-0.25, -0.2) is 9.97 Å². The minimum Gasteiger partial charge on any atom is -0.351 e. The zero-order chi connectivity index (χ0) is 13.1. The monoisotopic (exact) mass is 257 g/mol. The molecule has 5 heteroatoms. The highest BCUT2D eigenvalue weighted by Crippen LogP contribution is 2.21. The number of anilines is 1. The molecule has 19 heavy (non-hydrogen) atoms. The largest absolute Gasteiger partial charge is 0.351 e. The highest BCUT2D eigenvalue weighted by molar-refractivity contribution is 5.57. The van der Waals surface area contributed by atoms with Crippen molar-refractivity contribution in [2.45, 2.75) is 38.1 Å². The van der Waals surface area contributed by atoms with E-state index in [2.05, 4.69) is 20.4 Å². The van der Waals surface area contributed by atoms with Crippen LogP contribution in [0.2, 0.25) is 0 Å². The number of hydrogen-bond acceptors (Lipinski definition) is 4. The zero-order valence-corrected chi connectivity index (χ0v) is 11.2. The molecule has 0 aliphatic heterocycles. The van der Waals surface area contributed by atoms with E-state index in [0.717, 1.165) is 17.2 Å². The summed E-state index contributed by atoms with van der Waals surface area (Å²) in [5, 5.41) is 7.62. The minimum atomic E-state index is 0.526. The molecule has 3 rings (SSSR count). The van der Waals surface area contributed by atoms with Crippen LogP contribution < -0.4 is 5.32 Å². The number of nitrogens with zero attached hydrogens (tertiary/aromatic N) is 4. The second-order valence-corrected chi connectivity index (χ2v) is 5.15. The molecule has 0 spiro atoms. The van der Waals surface area contributed by atoms with Gasteiger partial charge in [0.1, 0.15) is 0 Å². The molecule has 0 radical (unpaired) electrons. The number of rotatable bonds is 3. The molecule has 1 saturated carbocycles. The molecule has 1 fully saturated rings. The quantitative estimate of drug-likeness (QED) is 0.918. The van der Waals surface area contributed by atoms with Crippen LogP contribution in [0, 0.1) is 0 Å². The van der Waals surface area contributed by atoms with Crippen LogP contribution in [0.25, 0.3) is 11.3 Å². The SMILES string of the molecule is Cn1cc(-c2ccnc(NC3CCCCC3)n2)cn1. The molecule has 0 aromatic carbocycles. The lowest BCUT2D eigenvalue weighted by Crippen LogP contribution is -2.23. The molecule has 2 aromatic rings. The van der Waals surface area contributed by atoms with Gasteiger partial charge in [0.2, 0.25) is 5.95 Å². The molecule has 5 nitrogen and oxygen atoms in total. The molecule has 1 aliphatic rings. The first-order chi connectivity index (χ1) is 9.31. The molecule has 0 bridgehead atoms. The first kappa shape index (κ1) is 12.1. The highest BCUT2D eigenvalue weighted by Gasteiger charge is 2.14. The first-order valence-corrected chi connectivity index (χ1v) is 6.90. The molecule has 0 amide bonds. The van der Waals surface area contributed by atoms with E-state index in [1.54, 1.807) is 10.9 Å². The standard InChI is InChI=1S/C14H19N5/c1-19-10-11(9-16-19)13-7-8-15-14(18-13)17-12-5-3-2-4-6-12/h7-10,12H,2-6H2,1H3,(H,15,17,18). The summed E-state index contributed by atoms with van der Waals surface area (Å²) in [5.41, 5.74) is 1.94. The van der Waals surface area contributed by atoms with Gasteiger partial charge in [0.05, 0.1) is 11.9 Å². The smallest absolute Gasteiger partial charge is 0.223 e. The fourth-order valence-electron chi connectivity index (χ4n) is 2.57. The van der Waals surface area contributed by atoms with Crippen molar-refractivity contribution < 1.29 is 0 Å². The Kier molecular flexibility index (Phi) is 3.44. The summed E-state index contributed by atoms with van der Waals surface area (Å²) in [5.74, 6) is 0.730. The van der Waals surface area contributed by atoms with Gasteiger partial charge in [0, 0.05) is 31.0 Å². The number of hydrogen-bond donors (Lipinski definition) is 1. The fourth-order valence-corrected chi connectivity index (χ4v) is 2.57. The van der Waals surface area contributed by atoms with Crippen molar-refractivity contribution in [3.63, 3.8) is 0 Å². The first-order valence-electron chi connectivity index (χ1n) is 6.90. The molecule has 1 aliphatic carbocycles. The van der Waals surface area contributed by atoms with Crippen LogP contribution in [0.4, 0.5) is 5.95 Å². The molecular formula is C14H19N5. The average molecular weight is 257 g/mol. The molecule has 100 valence electrons. The molecule has 2 aromatic heterocycles. The van der Waals surface area contributed by atoms with E-state index in [4.69, 9.17) is 0 Å². The van der Waals surface area contributed by atoms with E-state index in [1.165, 1.54) is 32.1 Å². The maximum atomic E-state index is 4.57. The summed E-state index contributed by atoms with van der Waals surface area (Å²) >= 11 is 0. The molecule has 2 heterocycles. The number of nitrogens with one attached hydrogen (secondary N) is 1. The average Bonchev–Trinajstić information content (AvgIpc) is 2.87. The van der Waals surface area contributed by atoms with E-state index in [9.17, 15) is 0 Å². The Balaban J connectivity index is 1.75. The normalized spacial score (nSPS) is 16.5. The third-order valence-corrected chi connectivity index (χ3v) is 3.59. The second kappa shape index (κ2) is 5.38. The van der Waals surface area contributed by atoms with E-state index in [1.807, 2.05) is 25.5 Å². The van der Waals surface area contributed by atoms with Crippen molar-refractivity contribution in [3.05, 3.63) is 24.7 Å². The summed E-state index contributed by atoms with van der Waals surface area (Å²) in [6.07, 6.45) is 12.0. The predicted octanol–water partition coefficient (Wildman–Crippen LogP) is 2.62. The Morgan fingerprint density at radius 2 is 2.11 bits per heavy atom. The number of aryl methyl sites for hydroxylation is 1. The van der Waals surface area contributed by atoms with Crippen molar-refractivity contribution in [2.24, 2.45) is 7.05 Å². The van der Waals surface area contributed by atoms with Gasteiger partial charge in [-0.3, -0.25) is 4.68 Å². The van der Waals surface area contributed by atoms with E-state index >= 15 is 0 Å². The van der Waals surface area contributed by atoms with Crippen molar-refractivity contribution in [3.8, 4) is 11.3 Å². The lowest BCUT2D eigenvalue weighted by Gasteiger charge is -2.22. The van der Waals surface area contributed by atoms with Gasteiger partial charge < -0.3 is 5.32 Å². The second-order valence-electron chi connectivity index (χ2n) is 5.15. The Morgan fingerprint density at radius 3 is 2.84 bits per heavy atom. The van der Waals surface area contributed by atoms with Gasteiger partial charge in [-0.2, -0.15) is 5.10 Å². The summed E-state index contributed by atoms with van der Waals surface area (Å²) in [4.78, 5) is 8.89. The van der Waals surface area contributed by atoms with Gasteiger partial charge in [0.15, 0.2) is 0 Å². The van der Waals surface area contributed by atoms with Crippen molar-refractivity contribution in [1.82, 2.24) is 19.7 Å². The third-order valence-electron chi connectivity index (χ3n) is 3.59. The van der Waals surface area contributed by atoms with Crippen LogP contribution in [0.15, 0.2) is 24.7 Å². The van der Waals surface area contributed by atoms with E-state index in [-0.39, 0.29) is 0 Å². The molecule has 1 N–H and O–H groups in total. The molecule has 0 atom stereocenters. The molecular weight excluding hydrogens is 238 g/mol. The van der Waals surface area contributed by atoms with Gasteiger partial charge in [-0.15, -0.1) is 0 Å². The molecule has 0 saturated heterocycles. The van der Waals surface area contributed by atoms with Gasteiger partial charge >= 0.3 is 0 Å². The minimum absolute atomic E-state index is 0.526. The van der Waals surface area contributed by atoms with Gasteiger partial charge in [-0.1, -0.05) is 19.3 Å². The Bertz CT molecular complexity index is 542. The van der Waals surface area contributed by atoms with Crippen molar-refractivity contribution >= 4 is 5.95 Å². The van der Waals surface area contributed by atoms with Crippen LogP contribution >= 0.6 is 0 Å². The van der Waals surface area contributed by atoms with E-state index in [0.29, 0.717) is 6.04 Å². The third kappa shape index (κ3) is 2.92. The van der Waals surface area contributed by atoms with Crippen LogP contribution in [0.5, 0.6) is 0 Å². The fraction of sp³-hybridized carbons (Fsp3) is 0.500. The summed E-state index contributed by atoms with van der Waals surface area (Å²) in [6, 6.07) is 2.45. The van der Waals surface area contributed by atoms with Crippen molar-refractivity contribution in [1.29, 1.82) is 0 Å². The molecule has 0 unspecified atom stereocenters. The maximum absolute atomic E-state index is 4.57. The highest BCUT2D eigenvalue weighted by atomic mass is 15.2. The Hall–Kier alpha value is -1.91. The predicted molar refractivity (Wildman–Crippen MR) is 74.7 cm³/mol. The zero-order valence-electron chi connectivity index (χ0n) is 11.2. The van der Waals surface area contributed by atoms with Crippen LogP contribution in [-0.4, -0.2) is 25.8 Å². The number of aromatic nitrogens is 4.